The van der Waals surface area contributed by atoms with Crippen LogP contribution in [0.1, 0.15) is 37.7 Å². The Balaban J connectivity index is 1.71. The zero-order valence-electron chi connectivity index (χ0n) is 11.9. The van der Waals surface area contributed by atoms with Crippen LogP contribution in [0.25, 0.3) is 0 Å². The molecule has 0 radical (unpaired) electrons. The van der Waals surface area contributed by atoms with Gasteiger partial charge >= 0.3 is 5.97 Å². The Labute approximate surface area is 126 Å². The van der Waals surface area contributed by atoms with Crippen LogP contribution in [0, 0.1) is 23.5 Å². The summed E-state index contributed by atoms with van der Waals surface area (Å²) in [6.45, 7) is 0. The fraction of sp³-hybridized carbons (Fsp3) is 0.500. The molecule has 2 N–H and O–H groups in total. The number of carbonyl (C=O) groups excluding carboxylic acids is 1. The Hall–Kier alpha value is -1.98. The fourth-order valence-corrected chi connectivity index (χ4v) is 3.23. The molecule has 2 atom stereocenters. The van der Waals surface area contributed by atoms with Crippen LogP contribution in [0.2, 0.25) is 0 Å². The monoisotopic (exact) mass is 309 g/mol. The quantitative estimate of drug-likeness (QED) is 0.898. The van der Waals surface area contributed by atoms with Gasteiger partial charge in [-0.1, -0.05) is 0 Å². The lowest BCUT2D eigenvalue weighted by atomic mass is 10.0. The highest BCUT2D eigenvalue weighted by molar-refractivity contribution is 5.82. The normalized spacial score (nSPS) is 25.7. The third kappa shape index (κ3) is 2.69. The highest BCUT2D eigenvalue weighted by Crippen LogP contribution is 2.47. The van der Waals surface area contributed by atoms with Gasteiger partial charge in [0.25, 0.3) is 0 Å². The van der Waals surface area contributed by atoms with Gasteiger partial charge in [0.2, 0.25) is 5.91 Å². The molecule has 0 saturated heterocycles. The van der Waals surface area contributed by atoms with Crippen LogP contribution in [-0.4, -0.2) is 17.0 Å². The first-order valence-electron chi connectivity index (χ1n) is 7.42. The lowest BCUT2D eigenvalue weighted by molar-refractivity contribution is -0.141. The summed E-state index contributed by atoms with van der Waals surface area (Å²) in [5.41, 5.74) is -0.654. The van der Waals surface area contributed by atoms with Gasteiger partial charge in [-0.2, -0.15) is 0 Å². The molecule has 2 aliphatic carbocycles. The first-order valence-corrected chi connectivity index (χ1v) is 7.42. The smallest absolute Gasteiger partial charge is 0.306 e. The number of hydrogen-bond acceptors (Lipinski definition) is 2. The van der Waals surface area contributed by atoms with Gasteiger partial charge in [-0.05, 0) is 50.3 Å². The number of halogens is 2. The number of nitrogens with one attached hydrogen (secondary N) is 1. The Morgan fingerprint density at radius 3 is 2.45 bits per heavy atom. The number of amides is 1. The number of aliphatic carboxylic acids is 1. The number of carboxylic acid groups (broad SMARTS) is 1. The van der Waals surface area contributed by atoms with Crippen molar-refractivity contribution in [2.45, 2.75) is 37.6 Å². The zero-order valence-corrected chi connectivity index (χ0v) is 11.9. The SMILES string of the molecule is O=C(O)[C@@H]1CC[C@H](C(=O)NC2(c3cc(F)ccc3F)CC2)C1. The van der Waals surface area contributed by atoms with E-state index < -0.39 is 29.1 Å². The number of benzene rings is 1. The second kappa shape index (κ2) is 5.34. The van der Waals surface area contributed by atoms with Gasteiger partial charge in [0.05, 0.1) is 11.5 Å². The van der Waals surface area contributed by atoms with Crippen LogP contribution in [-0.2, 0) is 15.1 Å². The molecule has 2 fully saturated rings. The van der Waals surface area contributed by atoms with Crippen molar-refractivity contribution in [1.29, 1.82) is 0 Å². The van der Waals surface area contributed by atoms with Crippen LogP contribution < -0.4 is 5.32 Å². The van der Waals surface area contributed by atoms with E-state index in [-0.39, 0.29) is 17.4 Å². The van der Waals surface area contributed by atoms with Crippen molar-refractivity contribution in [2.24, 2.45) is 11.8 Å². The van der Waals surface area contributed by atoms with E-state index in [1.807, 2.05) is 0 Å². The molecule has 0 heterocycles. The first-order chi connectivity index (χ1) is 10.4. The molecule has 22 heavy (non-hydrogen) atoms. The average Bonchev–Trinajstić information content (AvgIpc) is 3.06. The van der Waals surface area contributed by atoms with Gasteiger partial charge in [-0.3, -0.25) is 9.59 Å². The first kappa shape index (κ1) is 14.9. The minimum absolute atomic E-state index is 0.175. The molecule has 6 heteroatoms. The third-order valence-electron chi connectivity index (χ3n) is 4.71. The molecule has 0 spiro atoms. The van der Waals surface area contributed by atoms with Crippen LogP contribution in [0.4, 0.5) is 8.78 Å². The third-order valence-corrected chi connectivity index (χ3v) is 4.71. The van der Waals surface area contributed by atoms with E-state index in [1.54, 1.807) is 0 Å². The van der Waals surface area contributed by atoms with Gasteiger partial charge in [-0.25, -0.2) is 8.78 Å². The van der Waals surface area contributed by atoms with E-state index in [4.69, 9.17) is 5.11 Å². The molecule has 1 aromatic rings. The molecular weight excluding hydrogens is 292 g/mol. The average molecular weight is 309 g/mol. The highest BCUT2D eigenvalue weighted by atomic mass is 19.1. The number of hydrogen-bond donors (Lipinski definition) is 2. The van der Waals surface area contributed by atoms with Crippen molar-refractivity contribution in [3.05, 3.63) is 35.4 Å². The van der Waals surface area contributed by atoms with Gasteiger partial charge in [0, 0.05) is 11.5 Å². The van der Waals surface area contributed by atoms with Crippen LogP contribution in [0.5, 0.6) is 0 Å². The van der Waals surface area contributed by atoms with Crippen molar-refractivity contribution < 1.29 is 23.5 Å². The second-order valence-electron chi connectivity index (χ2n) is 6.24. The molecule has 2 aliphatic rings. The Kier molecular flexibility index (Phi) is 3.62. The Bertz CT molecular complexity index is 628. The Morgan fingerprint density at radius 1 is 1.18 bits per heavy atom. The summed E-state index contributed by atoms with van der Waals surface area (Å²) < 4.78 is 27.2. The topological polar surface area (TPSA) is 66.4 Å². The van der Waals surface area contributed by atoms with E-state index >= 15 is 0 Å². The van der Waals surface area contributed by atoms with Gasteiger partial charge in [0.15, 0.2) is 0 Å². The van der Waals surface area contributed by atoms with Crippen LogP contribution in [0.3, 0.4) is 0 Å². The largest absolute Gasteiger partial charge is 0.481 e. The highest BCUT2D eigenvalue weighted by Gasteiger charge is 2.49. The molecule has 1 aromatic carbocycles. The minimum Gasteiger partial charge on any atom is -0.481 e. The number of carbonyl (C=O) groups is 2. The van der Waals surface area contributed by atoms with E-state index in [0.29, 0.717) is 32.1 Å². The molecule has 3 rings (SSSR count). The summed E-state index contributed by atoms with van der Waals surface area (Å²) in [6, 6.07) is 3.23. The summed E-state index contributed by atoms with van der Waals surface area (Å²) >= 11 is 0. The van der Waals surface area contributed by atoms with E-state index in [0.717, 1.165) is 18.2 Å². The fourth-order valence-electron chi connectivity index (χ4n) is 3.23. The van der Waals surface area contributed by atoms with Gasteiger partial charge in [-0.15, -0.1) is 0 Å². The van der Waals surface area contributed by atoms with Crippen LogP contribution in [0.15, 0.2) is 18.2 Å². The maximum absolute atomic E-state index is 13.9. The van der Waals surface area contributed by atoms with Crippen molar-refractivity contribution in [3.63, 3.8) is 0 Å². The van der Waals surface area contributed by atoms with Crippen molar-refractivity contribution in [1.82, 2.24) is 5.32 Å². The summed E-state index contributed by atoms with van der Waals surface area (Å²) in [5, 5.41) is 11.8. The molecule has 0 aromatic heterocycles. The predicted octanol–water partition coefficient (Wildman–Crippen LogP) is 2.57. The number of rotatable bonds is 4. The lowest BCUT2D eigenvalue weighted by Crippen LogP contribution is -2.39. The summed E-state index contributed by atoms with van der Waals surface area (Å²) in [5.74, 6) is -3.07. The molecule has 2 saturated carbocycles. The van der Waals surface area contributed by atoms with Gasteiger partial charge < -0.3 is 10.4 Å². The molecule has 118 valence electrons. The molecule has 0 unspecified atom stereocenters. The molecular formula is C16H17F2NO3. The summed E-state index contributed by atoms with van der Waals surface area (Å²) in [6.07, 6.45) is 2.44. The standard InChI is InChI=1S/C16H17F2NO3/c17-11-3-4-13(18)12(8-11)16(5-6-16)19-14(20)9-1-2-10(7-9)15(21)22/h3-4,8-10H,1-2,5-7H2,(H,19,20)(H,21,22)/t9-,10+/m0/s1. The van der Waals surface area contributed by atoms with Gasteiger partial charge in [0.1, 0.15) is 11.6 Å². The number of carboxylic acids is 1. The maximum atomic E-state index is 13.9. The van der Waals surface area contributed by atoms with E-state index in [9.17, 15) is 18.4 Å². The van der Waals surface area contributed by atoms with E-state index in [2.05, 4.69) is 5.32 Å². The molecule has 0 bridgehead atoms. The molecule has 0 aliphatic heterocycles. The summed E-state index contributed by atoms with van der Waals surface area (Å²) in [7, 11) is 0. The predicted molar refractivity (Wildman–Crippen MR) is 73.9 cm³/mol. The van der Waals surface area contributed by atoms with E-state index in [1.165, 1.54) is 0 Å². The van der Waals surface area contributed by atoms with Crippen LogP contribution >= 0.6 is 0 Å². The van der Waals surface area contributed by atoms with Crippen molar-refractivity contribution in [3.8, 4) is 0 Å². The molecule has 4 nitrogen and oxygen atoms in total. The van der Waals surface area contributed by atoms with Crippen molar-refractivity contribution >= 4 is 11.9 Å². The summed E-state index contributed by atoms with van der Waals surface area (Å²) in [4.78, 5) is 23.3. The lowest BCUT2D eigenvalue weighted by Gasteiger charge is -2.21. The molecule has 1 amide bonds. The maximum Gasteiger partial charge on any atom is 0.306 e. The second-order valence-corrected chi connectivity index (χ2v) is 6.24. The van der Waals surface area contributed by atoms with Crippen molar-refractivity contribution in [2.75, 3.05) is 0 Å². The zero-order chi connectivity index (χ0) is 15.9. The minimum atomic E-state index is -0.882. The Morgan fingerprint density at radius 2 is 1.86 bits per heavy atom.